The smallest absolute Gasteiger partial charge is 0.220 e. The molecule has 0 spiro atoms. The van der Waals surface area contributed by atoms with Gasteiger partial charge in [0.15, 0.2) is 9.84 Å². The van der Waals surface area contributed by atoms with Crippen molar-refractivity contribution in [2.75, 3.05) is 11.5 Å². The van der Waals surface area contributed by atoms with Gasteiger partial charge in [0.25, 0.3) is 0 Å². The van der Waals surface area contributed by atoms with Gasteiger partial charge in [0.1, 0.15) is 0 Å². The number of carbonyl (C=O) groups excluding carboxylic acids is 1. The second-order valence-electron chi connectivity index (χ2n) is 7.04. The van der Waals surface area contributed by atoms with Gasteiger partial charge in [-0.2, -0.15) is 5.10 Å². The van der Waals surface area contributed by atoms with Crippen molar-refractivity contribution in [3.63, 3.8) is 0 Å². The summed E-state index contributed by atoms with van der Waals surface area (Å²) in [5.74, 6) is 0.188. The first-order chi connectivity index (χ1) is 12.3. The van der Waals surface area contributed by atoms with Gasteiger partial charge in [-0.25, -0.2) is 8.42 Å². The summed E-state index contributed by atoms with van der Waals surface area (Å²) in [6, 6.07) is 10.1. The lowest BCUT2D eigenvalue weighted by atomic mass is 10.0. The molecule has 1 N–H and O–H groups in total. The van der Waals surface area contributed by atoms with Crippen molar-refractivity contribution < 1.29 is 13.2 Å². The molecule has 0 aliphatic carbocycles. The fourth-order valence-electron chi connectivity index (χ4n) is 3.45. The van der Waals surface area contributed by atoms with Gasteiger partial charge in [0, 0.05) is 24.2 Å². The largest absolute Gasteiger partial charge is 0.352 e. The summed E-state index contributed by atoms with van der Waals surface area (Å²) in [5, 5.41) is 7.52. The number of nitrogens with one attached hydrogen (secondary N) is 1. The minimum atomic E-state index is -2.94. The molecule has 2 heterocycles. The van der Waals surface area contributed by atoms with Crippen LogP contribution in [0.1, 0.15) is 35.4 Å². The Bertz CT molecular complexity index is 888. The van der Waals surface area contributed by atoms with Crippen molar-refractivity contribution in [2.24, 2.45) is 5.92 Å². The molecule has 1 aliphatic heterocycles. The molecular weight excluding hydrogens is 350 g/mol. The zero-order valence-corrected chi connectivity index (χ0v) is 16.1. The summed E-state index contributed by atoms with van der Waals surface area (Å²) in [7, 11) is -2.94. The molecule has 1 aliphatic rings. The van der Waals surface area contributed by atoms with E-state index in [1.54, 1.807) is 0 Å². The van der Waals surface area contributed by atoms with Crippen molar-refractivity contribution in [1.29, 1.82) is 0 Å². The number of rotatable bonds is 6. The van der Waals surface area contributed by atoms with Crippen LogP contribution in [-0.4, -0.2) is 35.6 Å². The zero-order chi connectivity index (χ0) is 18.7. The quantitative estimate of drug-likeness (QED) is 0.837. The Morgan fingerprint density at radius 3 is 2.65 bits per heavy atom. The number of benzene rings is 1. The Hall–Kier alpha value is -2.15. The van der Waals surface area contributed by atoms with Gasteiger partial charge in [-0.3, -0.25) is 9.48 Å². The highest BCUT2D eigenvalue weighted by atomic mass is 32.2. The number of hydrogen-bond donors (Lipinski definition) is 1. The van der Waals surface area contributed by atoms with E-state index in [0.717, 1.165) is 17.0 Å². The molecule has 1 fully saturated rings. The number of sulfone groups is 1. The third kappa shape index (κ3) is 4.52. The minimum absolute atomic E-state index is 0.0528. The summed E-state index contributed by atoms with van der Waals surface area (Å²) < 4.78 is 25.0. The average molecular weight is 375 g/mol. The summed E-state index contributed by atoms with van der Waals surface area (Å²) in [6.07, 6.45) is 0.859. The highest BCUT2D eigenvalue weighted by Crippen LogP contribution is 2.21. The van der Waals surface area contributed by atoms with Crippen LogP contribution < -0.4 is 5.32 Å². The maximum absolute atomic E-state index is 12.2. The predicted octanol–water partition coefficient (Wildman–Crippen LogP) is 1.99. The van der Waals surface area contributed by atoms with Gasteiger partial charge in [0.05, 0.1) is 23.7 Å². The van der Waals surface area contributed by atoms with Crippen molar-refractivity contribution in [1.82, 2.24) is 15.1 Å². The second kappa shape index (κ2) is 7.61. The maximum Gasteiger partial charge on any atom is 0.220 e. The monoisotopic (exact) mass is 375 g/mol. The van der Waals surface area contributed by atoms with E-state index in [2.05, 4.69) is 22.5 Å². The topological polar surface area (TPSA) is 81.1 Å². The van der Waals surface area contributed by atoms with Crippen molar-refractivity contribution in [3.8, 4) is 0 Å². The molecule has 7 heteroatoms. The van der Waals surface area contributed by atoms with Crippen LogP contribution in [0.15, 0.2) is 30.3 Å². The lowest BCUT2D eigenvalue weighted by molar-refractivity contribution is -0.122. The van der Waals surface area contributed by atoms with Crippen LogP contribution in [-0.2, 0) is 27.7 Å². The first-order valence-electron chi connectivity index (χ1n) is 8.88. The maximum atomic E-state index is 12.2. The lowest BCUT2D eigenvalue weighted by Crippen LogP contribution is -2.26. The van der Waals surface area contributed by atoms with E-state index in [9.17, 15) is 13.2 Å². The minimum Gasteiger partial charge on any atom is -0.352 e. The predicted molar refractivity (Wildman–Crippen MR) is 100 cm³/mol. The summed E-state index contributed by atoms with van der Waals surface area (Å²) in [4.78, 5) is 12.2. The molecule has 1 aromatic carbocycles. The van der Waals surface area contributed by atoms with E-state index in [0.29, 0.717) is 19.5 Å². The van der Waals surface area contributed by atoms with Gasteiger partial charge in [0.2, 0.25) is 5.91 Å². The molecule has 1 aromatic heterocycles. The second-order valence-corrected chi connectivity index (χ2v) is 9.27. The number of aryl methyl sites for hydroxylation is 1. The Morgan fingerprint density at radius 1 is 1.27 bits per heavy atom. The molecule has 26 heavy (non-hydrogen) atoms. The zero-order valence-electron chi connectivity index (χ0n) is 15.2. The molecule has 0 saturated carbocycles. The van der Waals surface area contributed by atoms with E-state index >= 15 is 0 Å². The fourth-order valence-corrected chi connectivity index (χ4v) is 5.32. The standard InChI is InChI=1S/C19H25N3O3S/c1-14-18(11-20-19(23)10-17-8-9-26(24,25)13-17)15(2)22(21-14)12-16-6-4-3-5-7-16/h3-7,17H,8-13H2,1-2H3,(H,20,23). The molecule has 1 atom stereocenters. The molecule has 140 valence electrons. The first kappa shape index (κ1) is 18.6. The highest BCUT2D eigenvalue weighted by molar-refractivity contribution is 7.91. The van der Waals surface area contributed by atoms with E-state index in [-0.39, 0.29) is 29.8 Å². The molecule has 1 saturated heterocycles. The van der Waals surface area contributed by atoms with E-state index in [1.165, 1.54) is 5.56 Å². The molecule has 0 radical (unpaired) electrons. The molecule has 2 aromatic rings. The van der Waals surface area contributed by atoms with Crippen molar-refractivity contribution in [2.45, 2.75) is 39.8 Å². The lowest BCUT2D eigenvalue weighted by Gasteiger charge is -2.09. The van der Waals surface area contributed by atoms with E-state index < -0.39 is 9.84 Å². The van der Waals surface area contributed by atoms with Gasteiger partial charge < -0.3 is 5.32 Å². The van der Waals surface area contributed by atoms with Crippen LogP contribution in [0.4, 0.5) is 0 Å². The number of carbonyl (C=O) groups is 1. The Balaban J connectivity index is 1.59. The van der Waals surface area contributed by atoms with E-state index in [1.807, 2.05) is 36.7 Å². The van der Waals surface area contributed by atoms with Gasteiger partial charge in [-0.05, 0) is 31.7 Å². The Morgan fingerprint density at radius 2 is 2.00 bits per heavy atom. The summed E-state index contributed by atoms with van der Waals surface area (Å²) in [6.45, 7) is 5.07. The molecule has 1 amide bonds. The molecule has 0 bridgehead atoms. The molecule has 3 rings (SSSR count). The summed E-state index contributed by atoms with van der Waals surface area (Å²) in [5.41, 5.74) is 4.14. The fraction of sp³-hybridized carbons (Fsp3) is 0.474. The number of nitrogens with zero attached hydrogens (tertiary/aromatic N) is 2. The van der Waals surface area contributed by atoms with Crippen LogP contribution in [0.2, 0.25) is 0 Å². The van der Waals surface area contributed by atoms with Crippen LogP contribution in [0.25, 0.3) is 0 Å². The normalized spacial score (nSPS) is 18.8. The number of hydrogen-bond acceptors (Lipinski definition) is 4. The van der Waals surface area contributed by atoms with Crippen LogP contribution in [0.3, 0.4) is 0 Å². The third-order valence-electron chi connectivity index (χ3n) is 4.97. The number of amides is 1. The average Bonchev–Trinajstić information content (AvgIpc) is 3.06. The number of aromatic nitrogens is 2. The van der Waals surface area contributed by atoms with Crippen LogP contribution in [0.5, 0.6) is 0 Å². The third-order valence-corrected chi connectivity index (χ3v) is 6.81. The highest BCUT2D eigenvalue weighted by Gasteiger charge is 2.29. The van der Waals surface area contributed by atoms with Gasteiger partial charge >= 0.3 is 0 Å². The Kier molecular flexibility index (Phi) is 5.46. The van der Waals surface area contributed by atoms with Gasteiger partial charge in [-0.15, -0.1) is 0 Å². The van der Waals surface area contributed by atoms with Crippen molar-refractivity contribution >= 4 is 15.7 Å². The van der Waals surface area contributed by atoms with Gasteiger partial charge in [-0.1, -0.05) is 30.3 Å². The first-order valence-corrected chi connectivity index (χ1v) is 10.7. The van der Waals surface area contributed by atoms with E-state index in [4.69, 9.17) is 0 Å². The molecular formula is C19H25N3O3S. The SMILES string of the molecule is Cc1nn(Cc2ccccc2)c(C)c1CNC(=O)CC1CCS(=O)(=O)C1. The summed E-state index contributed by atoms with van der Waals surface area (Å²) >= 11 is 0. The van der Waals surface area contributed by atoms with Crippen LogP contribution in [0, 0.1) is 19.8 Å². The molecule has 1 unspecified atom stereocenters. The van der Waals surface area contributed by atoms with Crippen molar-refractivity contribution in [3.05, 3.63) is 52.8 Å². The molecule has 6 nitrogen and oxygen atoms in total. The van der Waals surface area contributed by atoms with Crippen LogP contribution >= 0.6 is 0 Å². The Labute approximate surface area is 154 Å².